The highest BCUT2D eigenvalue weighted by molar-refractivity contribution is 5.89. The van der Waals surface area contributed by atoms with Gasteiger partial charge < -0.3 is 0 Å². The van der Waals surface area contributed by atoms with E-state index in [4.69, 9.17) is 5.26 Å². The maximum Gasteiger partial charge on any atom is 0.131 e. The number of hydrogen-bond acceptors (Lipinski definition) is 1. The van der Waals surface area contributed by atoms with E-state index in [0.717, 1.165) is 5.56 Å². The zero-order chi connectivity index (χ0) is 12.1. The Balaban J connectivity index is 2.46. The van der Waals surface area contributed by atoms with Crippen LogP contribution in [-0.2, 0) is 0 Å². The smallest absolute Gasteiger partial charge is 0.131 e. The molecule has 0 N–H and O–H groups in total. The van der Waals surface area contributed by atoms with E-state index in [-0.39, 0.29) is 5.82 Å². The average molecular weight is 223 g/mol. The molecule has 82 valence electrons. The summed E-state index contributed by atoms with van der Waals surface area (Å²) in [7, 11) is 0. The van der Waals surface area contributed by atoms with E-state index in [2.05, 4.69) is 0 Å². The van der Waals surface area contributed by atoms with Crippen LogP contribution in [0.3, 0.4) is 0 Å². The Morgan fingerprint density at radius 1 is 1.00 bits per heavy atom. The lowest BCUT2D eigenvalue weighted by Gasteiger charge is -2.01. The molecule has 0 heterocycles. The summed E-state index contributed by atoms with van der Waals surface area (Å²) < 4.78 is 13.5. The molecule has 0 aliphatic carbocycles. The lowest BCUT2D eigenvalue weighted by Crippen LogP contribution is -1.87. The molecule has 2 rings (SSSR count). The third-order valence-corrected chi connectivity index (χ3v) is 2.40. The normalized spacial score (nSPS) is 10.9. The first kappa shape index (κ1) is 11.1. The number of nitriles is 1. The van der Waals surface area contributed by atoms with Gasteiger partial charge in [-0.3, -0.25) is 0 Å². The Labute approximate surface area is 99.5 Å². The van der Waals surface area contributed by atoms with Gasteiger partial charge in [0.2, 0.25) is 0 Å². The number of rotatable bonds is 2. The Hall–Kier alpha value is -2.40. The van der Waals surface area contributed by atoms with E-state index >= 15 is 0 Å². The van der Waals surface area contributed by atoms with Crippen LogP contribution in [0.25, 0.3) is 11.6 Å². The minimum Gasteiger partial charge on any atom is -0.206 e. The number of halogens is 1. The summed E-state index contributed by atoms with van der Waals surface area (Å²) in [6, 6.07) is 17.7. The minimum absolute atomic E-state index is 0.328. The van der Waals surface area contributed by atoms with Gasteiger partial charge in [0.05, 0.1) is 11.6 Å². The van der Waals surface area contributed by atoms with Gasteiger partial charge in [-0.25, -0.2) is 4.39 Å². The topological polar surface area (TPSA) is 23.8 Å². The molecule has 0 radical (unpaired) electrons. The Bertz CT molecular complexity index is 579. The van der Waals surface area contributed by atoms with Crippen LogP contribution in [-0.4, -0.2) is 0 Å². The fraction of sp³-hybridized carbons (Fsp3) is 0. The monoisotopic (exact) mass is 223 g/mol. The highest BCUT2D eigenvalue weighted by atomic mass is 19.1. The molecule has 0 spiro atoms. The summed E-state index contributed by atoms with van der Waals surface area (Å²) >= 11 is 0. The van der Waals surface area contributed by atoms with Crippen molar-refractivity contribution in [3.63, 3.8) is 0 Å². The molecule has 2 heteroatoms. The molecule has 0 atom stereocenters. The summed E-state index contributed by atoms with van der Waals surface area (Å²) in [6.07, 6.45) is 1.68. The van der Waals surface area contributed by atoms with E-state index < -0.39 is 0 Å². The number of allylic oxidation sites excluding steroid dienone is 1. The van der Waals surface area contributed by atoms with Gasteiger partial charge >= 0.3 is 0 Å². The Morgan fingerprint density at radius 3 is 2.29 bits per heavy atom. The molecule has 0 saturated carbocycles. The Kier molecular flexibility index (Phi) is 3.32. The third kappa shape index (κ3) is 2.59. The minimum atomic E-state index is -0.378. The van der Waals surface area contributed by atoms with Gasteiger partial charge in [-0.1, -0.05) is 48.5 Å². The van der Waals surface area contributed by atoms with E-state index in [1.807, 2.05) is 36.4 Å². The van der Waals surface area contributed by atoms with Crippen molar-refractivity contribution in [1.29, 1.82) is 5.26 Å². The van der Waals surface area contributed by atoms with Crippen LogP contribution in [0.2, 0.25) is 0 Å². The van der Waals surface area contributed by atoms with E-state index in [1.165, 1.54) is 6.07 Å². The van der Waals surface area contributed by atoms with E-state index in [9.17, 15) is 4.39 Å². The second-order valence-corrected chi connectivity index (χ2v) is 3.56. The SMILES string of the molecule is N#CC(=Cc1ccccc1)c1ccccc1F. The predicted octanol–water partition coefficient (Wildman–Crippen LogP) is 3.89. The number of hydrogen-bond donors (Lipinski definition) is 0. The summed E-state index contributed by atoms with van der Waals surface area (Å²) in [5.74, 6) is -0.378. The molecule has 0 unspecified atom stereocenters. The molecule has 0 bridgehead atoms. The van der Waals surface area contributed by atoms with Gasteiger partial charge in [0.1, 0.15) is 5.82 Å². The molecule has 1 nitrogen and oxygen atoms in total. The van der Waals surface area contributed by atoms with Crippen molar-refractivity contribution in [3.8, 4) is 6.07 Å². The molecular weight excluding hydrogens is 213 g/mol. The van der Waals surface area contributed by atoms with Crippen LogP contribution < -0.4 is 0 Å². The third-order valence-electron chi connectivity index (χ3n) is 2.40. The highest BCUT2D eigenvalue weighted by Gasteiger charge is 2.06. The second kappa shape index (κ2) is 5.09. The maximum atomic E-state index is 13.5. The van der Waals surface area contributed by atoms with Crippen molar-refractivity contribution in [2.75, 3.05) is 0 Å². The van der Waals surface area contributed by atoms with Crippen LogP contribution in [0.5, 0.6) is 0 Å². The standard InChI is InChI=1S/C15H10FN/c16-15-9-5-4-8-14(15)13(11-17)10-12-6-2-1-3-7-12/h1-10H. The fourth-order valence-electron chi connectivity index (χ4n) is 1.57. The maximum absolute atomic E-state index is 13.5. The van der Waals surface area contributed by atoms with Gasteiger partial charge in [-0.15, -0.1) is 0 Å². The lowest BCUT2D eigenvalue weighted by atomic mass is 10.0. The van der Waals surface area contributed by atoms with Crippen LogP contribution >= 0.6 is 0 Å². The summed E-state index contributed by atoms with van der Waals surface area (Å²) in [4.78, 5) is 0. The highest BCUT2D eigenvalue weighted by Crippen LogP contribution is 2.20. The van der Waals surface area contributed by atoms with E-state index in [0.29, 0.717) is 11.1 Å². The van der Waals surface area contributed by atoms with Gasteiger partial charge in [-0.05, 0) is 17.7 Å². The van der Waals surface area contributed by atoms with Gasteiger partial charge in [0.15, 0.2) is 0 Å². The predicted molar refractivity (Wildman–Crippen MR) is 66.3 cm³/mol. The molecule has 0 fully saturated rings. The van der Waals surface area contributed by atoms with Crippen LogP contribution in [0.1, 0.15) is 11.1 Å². The van der Waals surface area contributed by atoms with Gasteiger partial charge in [0.25, 0.3) is 0 Å². The molecular formula is C15H10FN. The summed E-state index contributed by atoms with van der Waals surface area (Å²) in [5.41, 5.74) is 1.54. The molecule has 2 aromatic carbocycles. The number of nitrogens with zero attached hydrogens (tertiary/aromatic N) is 1. The summed E-state index contributed by atoms with van der Waals surface area (Å²) in [5, 5.41) is 9.08. The van der Waals surface area contributed by atoms with Crippen LogP contribution in [0, 0.1) is 17.1 Å². The molecule has 0 saturated heterocycles. The lowest BCUT2D eigenvalue weighted by molar-refractivity contribution is 0.624. The van der Waals surface area contributed by atoms with Gasteiger partial charge in [0, 0.05) is 5.56 Å². The molecule has 0 aliphatic rings. The largest absolute Gasteiger partial charge is 0.206 e. The van der Waals surface area contributed by atoms with E-state index in [1.54, 1.807) is 24.3 Å². The quantitative estimate of drug-likeness (QED) is 0.559. The van der Waals surface area contributed by atoms with Gasteiger partial charge in [-0.2, -0.15) is 5.26 Å². The first-order chi connectivity index (χ1) is 8.31. The first-order valence-corrected chi connectivity index (χ1v) is 5.23. The average Bonchev–Trinajstić information content (AvgIpc) is 2.38. The molecule has 17 heavy (non-hydrogen) atoms. The molecule has 2 aromatic rings. The van der Waals surface area contributed by atoms with Crippen LogP contribution in [0.4, 0.5) is 4.39 Å². The molecule has 0 aliphatic heterocycles. The number of benzene rings is 2. The zero-order valence-corrected chi connectivity index (χ0v) is 9.10. The van der Waals surface area contributed by atoms with Crippen molar-refractivity contribution >= 4 is 11.6 Å². The second-order valence-electron chi connectivity index (χ2n) is 3.56. The fourth-order valence-corrected chi connectivity index (χ4v) is 1.57. The summed E-state index contributed by atoms with van der Waals surface area (Å²) in [6.45, 7) is 0. The molecule has 0 amide bonds. The van der Waals surface area contributed by atoms with Crippen LogP contribution in [0.15, 0.2) is 54.6 Å². The zero-order valence-electron chi connectivity index (χ0n) is 9.10. The van der Waals surface area contributed by atoms with Crippen molar-refractivity contribution in [2.45, 2.75) is 0 Å². The first-order valence-electron chi connectivity index (χ1n) is 5.23. The van der Waals surface area contributed by atoms with Crippen molar-refractivity contribution in [3.05, 3.63) is 71.5 Å². The van der Waals surface area contributed by atoms with Crippen molar-refractivity contribution in [2.24, 2.45) is 0 Å². The molecule has 0 aromatic heterocycles. The van der Waals surface area contributed by atoms with Crippen molar-refractivity contribution in [1.82, 2.24) is 0 Å². The Morgan fingerprint density at radius 2 is 1.65 bits per heavy atom. The van der Waals surface area contributed by atoms with Crippen molar-refractivity contribution < 1.29 is 4.39 Å².